The van der Waals surface area contributed by atoms with Gasteiger partial charge in [-0.25, -0.2) is 0 Å². The molecule has 0 saturated heterocycles. The normalized spacial score (nSPS) is 15.0. The molecule has 2 rings (SSSR count). The summed E-state index contributed by atoms with van der Waals surface area (Å²) in [5, 5.41) is 14.9. The quantitative estimate of drug-likeness (QED) is 0.322. The number of thioether (sulfide) groups is 1. The van der Waals surface area contributed by atoms with Gasteiger partial charge in [-0.05, 0) is 18.4 Å². The lowest BCUT2D eigenvalue weighted by Gasteiger charge is -2.17. The molecule has 0 aromatic heterocycles. The molecular weight excluding hydrogens is 222 g/mol. The van der Waals surface area contributed by atoms with E-state index in [0.29, 0.717) is 17.1 Å². The second-order valence-electron chi connectivity index (χ2n) is 2.85. The first kappa shape index (κ1) is 9.61. The van der Waals surface area contributed by atoms with Crippen LogP contribution >= 0.6 is 23.5 Å². The van der Waals surface area contributed by atoms with Crippen LogP contribution in [0, 0.1) is 5.21 Å². The molecule has 0 aliphatic carbocycles. The zero-order valence-electron chi connectivity index (χ0n) is 7.48. The summed E-state index contributed by atoms with van der Waals surface area (Å²) in [5.74, 6) is 0. The molecule has 0 radical (unpaired) electrons. The average molecular weight is 230 g/mol. The summed E-state index contributed by atoms with van der Waals surface area (Å²) in [4.78, 5) is 1.59. The maximum absolute atomic E-state index is 11.4. The van der Waals surface area contributed by atoms with Gasteiger partial charge in [0.2, 0.25) is 0 Å². The van der Waals surface area contributed by atoms with Gasteiger partial charge in [-0.2, -0.15) is 0 Å². The molecule has 0 unspecified atom stereocenters. The van der Waals surface area contributed by atoms with Gasteiger partial charge in [0, 0.05) is 16.5 Å². The van der Waals surface area contributed by atoms with Gasteiger partial charge in [0.15, 0.2) is 24.0 Å². The summed E-state index contributed by atoms with van der Waals surface area (Å²) in [6.45, 7) is 0.463. The Morgan fingerprint density at radius 1 is 1.64 bits per heavy atom. The van der Waals surface area contributed by atoms with Crippen molar-refractivity contribution in [3.63, 3.8) is 0 Å². The van der Waals surface area contributed by atoms with Crippen molar-refractivity contribution in [3.05, 3.63) is 29.0 Å². The van der Waals surface area contributed by atoms with Crippen LogP contribution in [0.5, 0.6) is 0 Å². The summed E-state index contributed by atoms with van der Waals surface area (Å²) in [5.41, 5.74) is 1.47. The highest BCUT2D eigenvalue weighted by Crippen LogP contribution is 2.30. The fourth-order valence-corrected chi connectivity index (χ4v) is 1.91. The predicted molar refractivity (Wildman–Crippen MR) is 55.3 cm³/mol. The number of benzene rings is 1. The third-order valence-corrected chi connectivity index (χ3v) is 2.89. The molecule has 0 atom stereocenters. The van der Waals surface area contributed by atoms with Crippen LogP contribution in [0.15, 0.2) is 28.3 Å². The predicted octanol–water partition coefficient (Wildman–Crippen LogP) is 2.89. The molecule has 14 heavy (non-hydrogen) atoms. The minimum atomic E-state index is 0.463. The van der Waals surface area contributed by atoms with Gasteiger partial charge >= 0.3 is 0 Å². The van der Waals surface area contributed by atoms with Gasteiger partial charge < -0.3 is 5.21 Å². The molecular formula is C8H8ClN3OS. The van der Waals surface area contributed by atoms with Crippen molar-refractivity contribution >= 4 is 29.2 Å². The van der Waals surface area contributed by atoms with Crippen LogP contribution in [0.3, 0.4) is 0 Å². The molecule has 1 aliphatic rings. The van der Waals surface area contributed by atoms with E-state index >= 15 is 0 Å². The van der Waals surface area contributed by atoms with Crippen molar-refractivity contribution in [2.45, 2.75) is 11.4 Å². The Labute approximate surface area is 90.8 Å². The Morgan fingerprint density at radius 3 is 3.14 bits per heavy atom. The molecule has 1 heterocycles. The van der Waals surface area contributed by atoms with E-state index in [1.165, 1.54) is 0 Å². The van der Waals surface area contributed by atoms with Gasteiger partial charge in [0.05, 0.1) is 0 Å². The summed E-state index contributed by atoms with van der Waals surface area (Å²) in [6.07, 6.45) is 1.96. The van der Waals surface area contributed by atoms with Crippen LogP contribution in [-0.2, 0) is 6.54 Å². The molecule has 4 nitrogen and oxygen atoms in total. The highest BCUT2D eigenvalue weighted by molar-refractivity contribution is 7.98. The molecule has 0 amide bonds. The number of hydrogen-bond donors (Lipinski definition) is 0. The van der Waals surface area contributed by atoms with Crippen molar-refractivity contribution in [2.75, 3.05) is 6.26 Å². The molecule has 1 aromatic rings. The largest absolute Gasteiger partial charge is 0.691 e. The van der Waals surface area contributed by atoms with Crippen LogP contribution in [0.25, 0.3) is 0 Å². The van der Waals surface area contributed by atoms with E-state index in [9.17, 15) is 5.21 Å². The van der Waals surface area contributed by atoms with E-state index in [2.05, 4.69) is 5.22 Å². The standard InChI is InChI=1S/C8H8ClN3OS/c1-14-7-3-2-6-5-11(9)10-12(13)8(6)4-7/h2-4H,5H2,1H3. The monoisotopic (exact) mass is 229 g/mol. The summed E-state index contributed by atoms with van der Waals surface area (Å²) < 4.78 is 1.11. The highest BCUT2D eigenvalue weighted by Gasteiger charge is 2.20. The zero-order valence-corrected chi connectivity index (χ0v) is 9.05. The van der Waals surface area contributed by atoms with Crippen molar-refractivity contribution in [1.29, 1.82) is 0 Å². The Bertz CT molecular complexity index is 396. The van der Waals surface area contributed by atoms with E-state index < -0.39 is 0 Å². The number of hydrogen-bond acceptors (Lipinski definition) is 4. The molecule has 0 fully saturated rings. The Morgan fingerprint density at radius 2 is 2.43 bits per heavy atom. The van der Waals surface area contributed by atoms with Crippen molar-refractivity contribution < 1.29 is 4.86 Å². The van der Waals surface area contributed by atoms with E-state index in [0.717, 1.165) is 15.0 Å². The molecule has 0 N–H and O–H groups in total. The van der Waals surface area contributed by atoms with E-state index in [1.807, 2.05) is 24.5 Å². The van der Waals surface area contributed by atoms with Crippen LogP contribution in [-0.4, -0.2) is 15.6 Å². The van der Waals surface area contributed by atoms with Crippen molar-refractivity contribution in [2.24, 2.45) is 5.22 Å². The maximum Gasteiger partial charge on any atom is 0.164 e. The number of nitrogens with zero attached hydrogens (tertiary/aromatic N) is 3. The lowest BCUT2D eigenvalue weighted by molar-refractivity contribution is -0.463. The lowest BCUT2D eigenvalue weighted by Crippen LogP contribution is -2.15. The van der Waals surface area contributed by atoms with Gasteiger partial charge in [0.25, 0.3) is 0 Å². The van der Waals surface area contributed by atoms with Crippen LogP contribution in [0.2, 0.25) is 0 Å². The van der Waals surface area contributed by atoms with Gasteiger partial charge in [-0.3, -0.25) is 0 Å². The van der Waals surface area contributed by atoms with E-state index in [1.54, 1.807) is 11.8 Å². The number of fused-ring (bicyclic) bond motifs is 1. The first-order valence-electron chi connectivity index (χ1n) is 4.00. The van der Waals surface area contributed by atoms with Crippen LogP contribution < -0.4 is 0 Å². The second kappa shape index (κ2) is 3.67. The molecule has 0 spiro atoms. The van der Waals surface area contributed by atoms with Gasteiger partial charge in [-0.15, -0.1) is 16.6 Å². The third kappa shape index (κ3) is 1.65. The van der Waals surface area contributed by atoms with Crippen LogP contribution in [0.1, 0.15) is 5.56 Å². The fraction of sp³-hybridized carbons (Fsp3) is 0.250. The third-order valence-electron chi connectivity index (χ3n) is 1.98. The average Bonchev–Trinajstić information content (AvgIpc) is 2.17. The van der Waals surface area contributed by atoms with E-state index in [4.69, 9.17) is 11.8 Å². The fourth-order valence-electron chi connectivity index (χ4n) is 1.29. The maximum atomic E-state index is 11.4. The van der Waals surface area contributed by atoms with Crippen LogP contribution in [0.4, 0.5) is 5.69 Å². The SMILES string of the molecule is CSc1ccc2c(c1)[N+]([O-])=NN(Cl)C2. The Kier molecular flexibility index (Phi) is 2.52. The van der Waals surface area contributed by atoms with E-state index in [-0.39, 0.29) is 0 Å². The Hall–Kier alpha value is -0.940. The van der Waals surface area contributed by atoms with Gasteiger partial charge in [-0.1, -0.05) is 4.53 Å². The molecule has 1 aliphatic heterocycles. The minimum absolute atomic E-state index is 0.463. The first-order valence-corrected chi connectivity index (χ1v) is 5.56. The zero-order chi connectivity index (χ0) is 10.1. The minimum Gasteiger partial charge on any atom is -0.691 e. The Balaban J connectivity index is 2.48. The lowest BCUT2D eigenvalue weighted by atomic mass is 10.2. The molecule has 0 saturated carbocycles. The number of rotatable bonds is 1. The number of halogens is 1. The summed E-state index contributed by atoms with van der Waals surface area (Å²) in [7, 11) is 0. The van der Waals surface area contributed by atoms with Gasteiger partial charge in [0.1, 0.15) is 5.22 Å². The molecule has 6 heteroatoms. The topological polar surface area (TPSA) is 41.7 Å². The molecule has 1 aromatic carbocycles. The second-order valence-corrected chi connectivity index (χ2v) is 4.12. The summed E-state index contributed by atoms with van der Waals surface area (Å²) in [6, 6.07) is 5.68. The first-order chi connectivity index (χ1) is 6.70. The van der Waals surface area contributed by atoms with Crippen molar-refractivity contribution in [1.82, 2.24) is 4.53 Å². The molecule has 74 valence electrons. The summed E-state index contributed by atoms with van der Waals surface area (Å²) >= 11 is 7.22. The highest BCUT2D eigenvalue weighted by atomic mass is 35.5. The van der Waals surface area contributed by atoms with Crippen molar-refractivity contribution in [3.8, 4) is 0 Å². The molecule has 0 bridgehead atoms. The smallest absolute Gasteiger partial charge is 0.164 e.